The maximum absolute atomic E-state index is 11.4. The molecule has 0 unspecified atom stereocenters. The number of hydrogen-bond acceptors (Lipinski definition) is 5. The van der Waals surface area contributed by atoms with E-state index in [0.29, 0.717) is 11.3 Å². The van der Waals surface area contributed by atoms with Crippen LogP contribution < -0.4 is 10.1 Å². The average Bonchev–Trinajstić information content (AvgIpc) is 2.71. The monoisotopic (exact) mass is 347 g/mol. The molecule has 136 valence electrons. The second-order valence-electron chi connectivity index (χ2n) is 7.14. The van der Waals surface area contributed by atoms with E-state index in [4.69, 9.17) is 14.0 Å². The molecule has 1 aromatic rings. The van der Waals surface area contributed by atoms with E-state index < -0.39 is 18.3 Å². The fraction of sp³-hybridized carbons (Fsp3) is 0.500. The standard InChI is InChI=1S/C18H26BNO5/c1-12(21)20-11-14(19-24-17(2,3)18(4,5)25-19)9-13-10-15(22)7-8-16(13)23-6/h7-10,22H,11H2,1-6H3,(H,20,21). The highest BCUT2D eigenvalue weighted by atomic mass is 16.7. The minimum atomic E-state index is -0.607. The zero-order valence-electron chi connectivity index (χ0n) is 15.7. The summed E-state index contributed by atoms with van der Waals surface area (Å²) < 4.78 is 17.5. The molecule has 2 rings (SSSR count). The maximum Gasteiger partial charge on any atom is 0.492 e. The van der Waals surface area contributed by atoms with E-state index in [1.54, 1.807) is 25.3 Å². The van der Waals surface area contributed by atoms with E-state index >= 15 is 0 Å². The van der Waals surface area contributed by atoms with Crippen LogP contribution in [-0.2, 0) is 14.1 Å². The van der Waals surface area contributed by atoms with Crippen LogP contribution in [0.2, 0.25) is 0 Å². The van der Waals surface area contributed by atoms with Gasteiger partial charge in [-0.15, -0.1) is 0 Å². The van der Waals surface area contributed by atoms with Crippen LogP contribution in [0.1, 0.15) is 40.2 Å². The molecule has 1 amide bonds. The Morgan fingerprint density at radius 3 is 2.40 bits per heavy atom. The summed E-state index contributed by atoms with van der Waals surface area (Å²) in [6.07, 6.45) is 1.82. The SMILES string of the molecule is COc1ccc(O)cc1C=C(CNC(C)=O)B1OC(C)(C)C(C)(C)O1. The number of benzene rings is 1. The summed E-state index contributed by atoms with van der Waals surface area (Å²) in [6.45, 7) is 9.60. The van der Waals surface area contributed by atoms with E-state index in [9.17, 15) is 9.90 Å². The first-order valence-corrected chi connectivity index (χ1v) is 8.23. The maximum atomic E-state index is 11.4. The number of amides is 1. The number of methoxy groups -OCH3 is 1. The Hall–Kier alpha value is -1.99. The lowest BCUT2D eigenvalue weighted by Gasteiger charge is -2.32. The summed E-state index contributed by atoms with van der Waals surface area (Å²) in [5.41, 5.74) is 0.432. The van der Waals surface area contributed by atoms with Crippen LogP contribution in [0.4, 0.5) is 0 Å². The van der Waals surface area contributed by atoms with Crippen LogP contribution in [0.3, 0.4) is 0 Å². The fourth-order valence-corrected chi connectivity index (χ4v) is 2.46. The van der Waals surface area contributed by atoms with Gasteiger partial charge in [-0.2, -0.15) is 0 Å². The molecule has 1 saturated heterocycles. The number of phenols is 1. The molecule has 2 N–H and O–H groups in total. The van der Waals surface area contributed by atoms with Crippen molar-refractivity contribution in [1.29, 1.82) is 0 Å². The van der Waals surface area contributed by atoms with E-state index in [1.165, 1.54) is 6.92 Å². The van der Waals surface area contributed by atoms with Crippen molar-refractivity contribution in [3.05, 3.63) is 29.2 Å². The fourth-order valence-electron chi connectivity index (χ4n) is 2.46. The van der Waals surface area contributed by atoms with Crippen molar-refractivity contribution < 1.29 is 23.9 Å². The van der Waals surface area contributed by atoms with E-state index in [0.717, 1.165) is 5.47 Å². The Morgan fingerprint density at radius 2 is 1.88 bits per heavy atom. The minimum absolute atomic E-state index is 0.125. The third-order valence-corrected chi connectivity index (χ3v) is 4.65. The van der Waals surface area contributed by atoms with Crippen molar-refractivity contribution in [2.45, 2.75) is 45.8 Å². The Labute approximate surface area is 149 Å². The number of carbonyl (C=O) groups is 1. The number of hydrogen-bond donors (Lipinski definition) is 2. The highest BCUT2D eigenvalue weighted by Crippen LogP contribution is 2.39. The van der Waals surface area contributed by atoms with Gasteiger partial charge in [-0.1, -0.05) is 6.08 Å². The molecular formula is C18H26BNO5. The molecule has 1 aliphatic rings. The van der Waals surface area contributed by atoms with Crippen molar-refractivity contribution in [2.24, 2.45) is 0 Å². The van der Waals surface area contributed by atoms with Crippen molar-refractivity contribution in [1.82, 2.24) is 5.32 Å². The summed E-state index contributed by atoms with van der Waals surface area (Å²) >= 11 is 0. The lowest BCUT2D eigenvalue weighted by molar-refractivity contribution is -0.118. The normalized spacial score (nSPS) is 19.0. The van der Waals surface area contributed by atoms with Crippen LogP contribution in [0.25, 0.3) is 6.08 Å². The van der Waals surface area contributed by atoms with E-state index in [2.05, 4.69) is 5.32 Å². The van der Waals surface area contributed by atoms with Crippen LogP contribution in [0, 0.1) is 0 Å². The molecular weight excluding hydrogens is 321 g/mol. The molecule has 1 heterocycles. The predicted octanol–water partition coefficient (Wildman–Crippen LogP) is 2.55. The van der Waals surface area contributed by atoms with Gasteiger partial charge in [0.1, 0.15) is 11.5 Å². The third-order valence-electron chi connectivity index (χ3n) is 4.65. The molecule has 1 aliphatic heterocycles. The first-order chi connectivity index (χ1) is 11.6. The topological polar surface area (TPSA) is 77.0 Å². The van der Waals surface area contributed by atoms with Gasteiger partial charge in [0.15, 0.2) is 0 Å². The zero-order valence-corrected chi connectivity index (χ0v) is 15.7. The van der Waals surface area contributed by atoms with Crippen molar-refractivity contribution in [2.75, 3.05) is 13.7 Å². The Morgan fingerprint density at radius 1 is 1.28 bits per heavy atom. The predicted molar refractivity (Wildman–Crippen MR) is 97.4 cm³/mol. The van der Waals surface area contributed by atoms with Crippen LogP contribution in [-0.4, -0.2) is 43.0 Å². The molecule has 1 fully saturated rings. The number of nitrogens with one attached hydrogen (secondary N) is 1. The largest absolute Gasteiger partial charge is 0.508 e. The van der Waals surface area contributed by atoms with Gasteiger partial charge in [0.05, 0.1) is 18.3 Å². The smallest absolute Gasteiger partial charge is 0.492 e. The van der Waals surface area contributed by atoms with Crippen molar-refractivity contribution >= 4 is 19.1 Å². The van der Waals surface area contributed by atoms with E-state index in [1.807, 2.05) is 33.8 Å². The number of rotatable bonds is 5. The van der Waals surface area contributed by atoms with Gasteiger partial charge >= 0.3 is 7.12 Å². The molecule has 7 heteroatoms. The number of phenolic OH excluding ortho intramolecular Hbond substituents is 1. The molecule has 0 saturated carbocycles. The van der Waals surface area contributed by atoms with Crippen LogP contribution in [0.15, 0.2) is 23.7 Å². The average molecular weight is 347 g/mol. The van der Waals surface area contributed by atoms with Crippen molar-refractivity contribution in [3.63, 3.8) is 0 Å². The Balaban J connectivity index is 2.40. The highest BCUT2D eigenvalue weighted by Gasteiger charge is 2.52. The van der Waals surface area contributed by atoms with Gasteiger partial charge in [-0.25, -0.2) is 0 Å². The van der Waals surface area contributed by atoms with Gasteiger partial charge in [-0.3, -0.25) is 4.79 Å². The lowest BCUT2D eigenvalue weighted by Crippen LogP contribution is -2.41. The molecule has 0 aromatic heterocycles. The first kappa shape index (κ1) is 19.3. The van der Waals surface area contributed by atoms with Gasteiger partial charge < -0.3 is 24.5 Å². The van der Waals surface area contributed by atoms with Crippen molar-refractivity contribution in [3.8, 4) is 11.5 Å². The zero-order chi connectivity index (χ0) is 18.8. The lowest BCUT2D eigenvalue weighted by atomic mass is 9.77. The second-order valence-corrected chi connectivity index (χ2v) is 7.14. The summed E-state index contributed by atoms with van der Waals surface area (Å²) in [6, 6.07) is 4.83. The van der Waals surface area contributed by atoms with Crippen LogP contribution >= 0.6 is 0 Å². The molecule has 0 bridgehead atoms. The summed E-state index contributed by atoms with van der Waals surface area (Å²) in [5.74, 6) is 0.583. The number of ether oxygens (including phenoxy) is 1. The number of aromatic hydroxyl groups is 1. The summed E-state index contributed by atoms with van der Waals surface area (Å²) in [7, 11) is 0.954. The highest BCUT2D eigenvalue weighted by molar-refractivity contribution is 6.56. The van der Waals surface area contributed by atoms with Gasteiger partial charge in [0.2, 0.25) is 5.91 Å². The molecule has 0 spiro atoms. The Bertz CT molecular complexity index is 668. The molecule has 6 nitrogen and oxygen atoms in total. The van der Waals surface area contributed by atoms with Crippen LogP contribution in [0.5, 0.6) is 11.5 Å². The minimum Gasteiger partial charge on any atom is -0.508 e. The van der Waals surface area contributed by atoms with E-state index in [-0.39, 0.29) is 18.2 Å². The third kappa shape index (κ3) is 4.35. The second kappa shape index (κ2) is 7.10. The van der Waals surface area contributed by atoms with Gasteiger partial charge in [-0.05, 0) is 51.4 Å². The molecule has 25 heavy (non-hydrogen) atoms. The Kier molecular flexibility index (Phi) is 5.49. The van der Waals surface area contributed by atoms with Gasteiger partial charge in [0.25, 0.3) is 0 Å². The molecule has 0 radical (unpaired) electrons. The summed E-state index contributed by atoms with van der Waals surface area (Å²) in [5, 5.41) is 12.6. The summed E-state index contributed by atoms with van der Waals surface area (Å²) in [4.78, 5) is 11.4. The first-order valence-electron chi connectivity index (χ1n) is 8.23. The van der Waals surface area contributed by atoms with Gasteiger partial charge in [0, 0.05) is 19.0 Å². The molecule has 0 atom stereocenters. The number of carbonyl (C=O) groups excluding carboxylic acids is 1. The quantitative estimate of drug-likeness (QED) is 0.801. The molecule has 1 aromatic carbocycles. The molecule has 0 aliphatic carbocycles.